The Bertz CT molecular complexity index is 608. The van der Waals surface area contributed by atoms with Crippen molar-refractivity contribution < 1.29 is 13.9 Å². The highest BCUT2D eigenvalue weighted by molar-refractivity contribution is 5.35. The molecule has 0 aliphatic carbocycles. The fraction of sp³-hybridized carbons (Fsp3) is 0.294. The lowest BCUT2D eigenvalue weighted by Gasteiger charge is -2.14. The summed E-state index contributed by atoms with van der Waals surface area (Å²) in [4.78, 5) is 0. The van der Waals surface area contributed by atoms with Gasteiger partial charge in [-0.05, 0) is 36.1 Å². The van der Waals surface area contributed by atoms with E-state index in [9.17, 15) is 13.9 Å². The first-order valence-electron chi connectivity index (χ1n) is 6.75. The number of aliphatic hydroxyl groups excluding tert-OH is 1. The fourth-order valence-electron chi connectivity index (χ4n) is 2.28. The van der Waals surface area contributed by atoms with Gasteiger partial charge in [0.2, 0.25) is 0 Å². The summed E-state index contributed by atoms with van der Waals surface area (Å²) in [5.41, 5.74) is 2.16. The lowest BCUT2D eigenvalue weighted by atomic mass is 9.97. The summed E-state index contributed by atoms with van der Waals surface area (Å²) in [5.74, 6) is -1.32. The number of halogens is 2. The van der Waals surface area contributed by atoms with Crippen molar-refractivity contribution in [3.8, 4) is 0 Å². The molecule has 0 fully saturated rings. The molecule has 3 heteroatoms. The Balaban J connectivity index is 2.38. The van der Waals surface area contributed by atoms with Gasteiger partial charge in [-0.25, -0.2) is 8.78 Å². The normalized spacial score (nSPS) is 12.4. The molecule has 106 valence electrons. The Morgan fingerprint density at radius 2 is 1.85 bits per heavy atom. The van der Waals surface area contributed by atoms with E-state index >= 15 is 0 Å². The van der Waals surface area contributed by atoms with Crippen LogP contribution in [0.1, 0.15) is 41.7 Å². The van der Waals surface area contributed by atoms with Crippen molar-refractivity contribution >= 4 is 0 Å². The van der Waals surface area contributed by atoms with Crippen molar-refractivity contribution in [1.29, 1.82) is 0 Å². The molecule has 2 aromatic rings. The van der Waals surface area contributed by atoms with Gasteiger partial charge in [-0.3, -0.25) is 0 Å². The van der Waals surface area contributed by atoms with Crippen LogP contribution >= 0.6 is 0 Å². The first kappa shape index (κ1) is 14.7. The van der Waals surface area contributed by atoms with E-state index in [-0.39, 0.29) is 5.56 Å². The number of hydrogen-bond acceptors (Lipinski definition) is 1. The molecule has 0 aliphatic heterocycles. The zero-order valence-electron chi connectivity index (χ0n) is 11.7. The molecule has 1 unspecified atom stereocenters. The number of hydrogen-bond donors (Lipinski definition) is 1. The predicted molar refractivity (Wildman–Crippen MR) is 75.6 cm³/mol. The number of rotatable bonds is 4. The fourth-order valence-corrected chi connectivity index (χ4v) is 2.28. The van der Waals surface area contributed by atoms with Gasteiger partial charge >= 0.3 is 0 Å². The van der Waals surface area contributed by atoms with Gasteiger partial charge in [0, 0.05) is 11.6 Å². The molecule has 0 heterocycles. The van der Waals surface area contributed by atoms with Crippen LogP contribution in [0.3, 0.4) is 0 Å². The lowest BCUT2D eigenvalue weighted by molar-refractivity contribution is 0.214. The van der Waals surface area contributed by atoms with E-state index in [0.29, 0.717) is 11.1 Å². The lowest BCUT2D eigenvalue weighted by Crippen LogP contribution is -2.05. The molecule has 0 saturated heterocycles. The highest BCUT2D eigenvalue weighted by atomic mass is 19.1. The zero-order chi connectivity index (χ0) is 14.7. The maximum Gasteiger partial charge on any atom is 0.132 e. The second kappa shape index (κ2) is 6.14. The minimum Gasteiger partial charge on any atom is -0.384 e. The van der Waals surface area contributed by atoms with E-state index in [2.05, 4.69) is 6.92 Å². The maximum atomic E-state index is 13.8. The molecule has 0 bridgehead atoms. The molecule has 0 radical (unpaired) electrons. The molecular formula is C17H18F2O. The van der Waals surface area contributed by atoms with Gasteiger partial charge in [0.05, 0.1) is 0 Å². The van der Waals surface area contributed by atoms with Crippen molar-refractivity contribution in [1.82, 2.24) is 0 Å². The van der Waals surface area contributed by atoms with Crippen LogP contribution in [-0.2, 0) is 6.42 Å². The Morgan fingerprint density at radius 1 is 1.10 bits per heavy atom. The second-order valence-corrected chi connectivity index (χ2v) is 5.02. The molecular weight excluding hydrogens is 258 g/mol. The summed E-state index contributed by atoms with van der Waals surface area (Å²) in [6, 6.07) is 9.63. The Labute approximate surface area is 117 Å². The van der Waals surface area contributed by atoms with Gasteiger partial charge in [0.15, 0.2) is 0 Å². The van der Waals surface area contributed by atoms with Crippen LogP contribution in [0.25, 0.3) is 0 Å². The molecule has 2 aromatic carbocycles. The van der Waals surface area contributed by atoms with Crippen LogP contribution in [0.4, 0.5) is 8.78 Å². The van der Waals surface area contributed by atoms with E-state index in [1.165, 1.54) is 6.07 Å². The van der Waals surface area contributed by atoms with Crippen LogP contribution in [0, 0.1) is 18.6 Å². The van der Waals surface area contributed by atoms with Crippen LogP contribution in [-0.4, -0.2) is 5.11 Å². The summed E-state index contributed by atoms with van der Waals surface area (Å²) in [7, 11) is 0. The minimum absolute atomic E-state index is 0.109. The van der Waals surface area contributed by atoms with E-state index in [0.717, 1.165) is 24.5 Å². The highest BCUT2D eigenvalue weighted by Gasteiger charge is 2.17. The summed E-state index contributed by atoms with van der Waals surface area (Å²) in [6.07, 6.45) is 0.834. The highest BCUT2D eigenvalue weighted by Crippen LogP contribution is 2.27. The van der Waals surface area contributed by atoms with Gasteiger partial charge in [-0.1, -0.05) is 37.6 Å². The van der Waals surface area contributed by atoms with Crippen LogP contribution in [0.15, 0.2) is 36.4 Å². The smallest absolute Gasteiger partial charge is 0.132 e. The van der Waals surface area contributed by atoms with Gasteiger partial charge in [-0.15, -0.1) is 0 Å². The molecule has 0 spiro atoms. The molecule has 0 amide bonds. The van der Waals surface area contributed by atoms with E-state index in [1.807, 2.05) is 18.2 Å². The van der Waals surface area contributed by atoms with Gasteiger partial charge in [0.1, 0.15) is 17.7 Å². The van der Waals surface area contributed by atoms with Crippen LogP contribution in [0.2, 0.25) is 0 Å². The largest absolute Gasteiger partial charge is 0.384 e. The monoisotopic (exact) mass is 276 g/mol. The van der Waals surface area contributed by atoms with Gasteiger partial charge in [-0.2, -0.15) is 0 Å². The quantitative estimate of drug-likeness (QED) is 0.882. The molecule has 20 heavy (non-hydrogen) atoms. The van der Waals surface area contributed by atoms with Crippen molar-refractivity contribution in [2.45, 2.75) is 32.8 Å². The standard InChI is InChI=1S/C17H18F2O/c1-3-5-12-6-4-7-13(9-12)17(20)14-8-11(2)15(18)10-16(14)19/h4,6-10,17,20H,3,5H2,1-2H3. The van der Waals surface area contributed by atoms with E-state index in [1.54, 1.807) is 13.0 Å². The summed E-state index contributed by atoms with van der Waals surface area (Å²) in [6.45, 7) is 3.63. The topological polar surface area (TPSA) is 20.2 Å². The van der Waals surface area contributed by atoms with Crippen molar-refractivity contribution in [2.24, 2.45) is 0 Å². The molecule has 2 rings (SSSR count). The molecule has 1 nitrogen and oxygen atoms in total. The van der Waals surface area contributed by atoms with Crippen LogP contribution in [0.5, 0.6) is 0 Å². The van der Waals surface area contributed by atoms with Gasteiger partial charge in [0.25, 0.3) is 0 Å². The van der Waals surface area contributed by atoms with Crippen molar-refractivity contribution in [2.75, 3.05) is 0 Å². The minimum atomic E-state index is -1.08. The molecule has 0 saturated carbocycles. The first-order chi connectivity index (χ1) is 9.52. The average Bonchev–Trinajstić information content (AvgIpc) is 2.43. The Hall–Kier alpha value is -1.74. The molecule has 0 aromatic heterocycles. The van der Waals surface area contributed by atoms with E-state index < -0.39 is 17.7 Å². The number of aryl methyl sites for hydroxylation is 2. The zero-order valence-corrected chi connectivity index (χ0v) is 11.7. The van der Waals surface area contributed by atoms with Gasteiger partial charge < -0.3 is 5.11 Å². The van der Waals surface area contributed by atoms with Crippen molar-refractivity contribution in [3.63, 3.8) is 0 Å². The molecule has 1 N–H and O–H groups in total. The third kappa shape index (κ3) is 3.05. The second-order valence-electron chi connectivity index (χ2n) is 5.02. The summed E-state index contributed by atoms with van der Waals surface area (Å²) in [5, 5.41) is 10.3. The predicted octanol–water partition coefficient (Wildman–Crippen LogP) is 4.31. The number of benzene rings is 2. The summed E-state index contributed by atoms with van der Waals surface area (Å²) < 4.78 is 27.1. The van der Waals surface area contributed by atoms with Crippen LogP contribution < -0.4 is 0 Å². The molecule has 0 aliphatic rings. The Kier molecular flexibility index (Phi) is 4.50. The summed E-state index contributed by atoms with van der Waals surface area (Å²) >= 11 is 0. The third-order valence-electron chi connectivity index (χ3n) is 3.38. The SMILES string of the molecule is CCCc1cccc(C(O)c2cc(C)c(F)cc2F)c1. The maximum absolute atomic E-state index is 13.8. The third-order valence-corrected chi connectivity index (χ3v) is 3.38. The average molecular weight is 276 g/mol. The van der Waals surface area contributed by atoms with Crippen molar-refractivity contribution in [3.05, 3.63) is 70.3 Å². The molecule has 1 atom stereocenters. The van der Waals surface area contributed by atoms with E-state index in [4.69, 9.17) is 0 Å². The Morgan fingerprint density at radius 3 is 2.55 bits per heavy atom. The number of aliphatic hydroxyl groups is 1. The first-order valence-corrected chi connectivity index (χ1v) is 6.75.